The predicted molar refractivity (Wildman–Crippen MR) is 76.3 cm³/mol. The second kappa shape index (κ2) is 5.75. The number of methoxy groups -OCH3 is 1. The second-order valence-corrected chi connectivity index (χ2v) is 6.18. The summed E-state index contributed by atoms with van der Waals surface area (Å²) in [5.41, 5.74) is 3.61. The lowest BCUT2D eigenvalue weighted by atomic mass is 9.85. The molecule has 0 aliphatic rings. The van der Waals surface area contributed by atoms with Crippen molar-refractivity contribution in [3.63, 3.8) is 0 Å². The van der Waals surface area contributed by atoms with Crippen LogP contribution in [0.25, 0.3) is 0 Å². The van der Waals surface area contributed by atoms with Gasteiger partial charge in [0, 0.05) is 0 Å². The monoisotopic (exact) mass is 250 g/mol. The smallest absolute Gasteiger partial charge is 0.122 e. The van der Waals surface area contributed by atoms with Crippen molar-refractivity contribution in [1.29, 1.82) is 0 Å². The summed E-state index contributed by atoms with van der Waals surface area (Å²) in [7, 11) is 1.71. The maximum Gasteiger partial charge on any atom is 0.122 e. The lowest BCUT2D eigenvalue weighted by Gasteiger charge is -2.26. The number of aliphatic hydroxyl groups excluding tert-OH is 1. The van der Waals surface area contributed by atoms with Gasteiger partial charge in [0.1, 0.15) is 5.75 Å². The first kappa shape index (κ1) is 15.0. The van der Waals surface area contributed by atoms with Gasteiger partial charge in [-0.25, -0.2) is 0 Å². The van der Waals surface area contributed by atoms with E-state index in [9.17, 15) is 5.11 Å². The minimum atomic E-state index is -0.289. The van der Waals surface area contributed by atoms with Crippen LogP contribution in [-0.4, -0.2) is 18.3 Å². The summed E-state index contributed by atoms with van der Waals surface area (Å²) < 4.78 is 5.44. The Hall–Kier alpha value is -1.02. The van der Waals surface area contributed by atoms with Gasteiger partial charge in [-0.15, -0.1) is 0 Å². The third-order valence-electron chi connectivity index (χ3n) is 3.46. The normalized spacial score (nSPS) is 13.5. The van der Waals surface area contributed by atoms with E-state index in [1.807, 2.05) is 0 Å². The molecule has 0 radical (unpaired) electrons. The van der Waals surface area contributed by atoms with Crippen LogP contribution in [0, 0.1) is 19.3 Å². The zero-order valence-electron chi connectivity index (χ0n) is 12.5. The summed E-state index contributed by atoms with van der Waals surface area (Å²) in [4.78, 5) is 0. The molecule has 0 heterocycles. The average molecular weight is 250 g/mol. The van der Waals surface area contributed by atoms with Gasteiger partial charge >= 0.3 is 0 Å². The van der Waals surface area contributed by atoms with Gasteiger partial charge in [0.25, 0.3) is 0 Å². The highest BCUT2D eigenvalue weighted by atomic mass is 16.5. The van der Waals surface area contributed by atoms with Gasteiger partial charge in [0.2, 0.25) is 0 Å². The molecule has 0 aromatic heterocycles. The van der Waals surface area contributed by atoms with Crippen LogP contribution >= 0.6 is 0 Å². The molecule has 102 valence electrons. The van der Waals surface area contributed by atoms with E-state index < -0.39 is 0 Å². The molecule has 18 heavy (non-hydrogen) atoms. The van der Waals surface area contributed by atoms with Crippen LogP contribution in [0.5, 0.6) is 5.75 Å². The van der Waals surface area contributed by atoms with Crippen LogP contribution in [0.15, 0.2) is 12.1 Å². The van der Waals surface area contributed by atoms with Crippen molar-refractivity contribution < 1.29 is 9.84 Å². The molecule has 0 saturated heterocycles. The maximum absolute atomic E-state index is 10.1. The fourth-order valence-corrected chi connectivity index (χ4v) is 2.18. The zero-order valence-corrected chi connectivity index (χ0v) is 12.5. The Labute approximate surface area is 111 Å². The summed E-state index contributed by atoms with van der Waals surface area (Å²) >= 11 is 0. The Balaban J connectivity index is 2.85. The first-order chi connectivity index (χ1) is 8.25. The van der Waals surface area contributed by atoms with E-state index in [4.69, 9.17) is 4.74 Å². The third kappa shape index (κ3) is 3.74. The lowest BCUT2D eigenvalue weighted by Crippen LogP contribution is -2.26. The van der Waals surface area contributed by atoms with Gasteiger partial charge in [-0.3, -0.25) is 0 Å². The Kier molecular flexibility index (Phi) is 4.80. The number of ether oxygens (including phenoxy) is 1. The van der Waals surface area contributed by atoms with E-state index in [0.717, 1.165) is 18.6 Å². The summed E-state index contributed by atoms with van der Waals surface area (Å²) in [5.74, 6) is 0.939. The molecule has 0 saturated carbocycles. The molecule has 0 fully saturated rings. The number of hydrogen-bond acceptors (Lipinski definition) is 2. The van der Waals surface area contributed by atoms with Gasteiger partial charge < -0.3 is 9.84 Å². The minimum absolute atomic E-state index is 0.0637. The van der Waals surface area contributed by atoms with Crippen LogP contribution in [0.1, 0.15) is 43.9 Å². The van der Waals surface area contributed by atoms with Crippen molar-refractivity contribution in [3.8, 4) is 5.75 Å². The SMILES string of the molecule is COc1cc(C)cc(C)c1CCC(O)C(C)(C)C. The molecule has 0 aliphatic carbocycles. The molecular weight excluding hydrogens is 224 g/mol. The summed E-state index contributed by atoms with van der Waals surface area (Å²) in [6, 6.07) is 4.23. The molecule has 0 aliphatic heterocycles. The molecule has 1 rings (SSSR count). The summed E-state index contributed by atoms with van der Waals surface area (Å²) in [6.45, 7) is 10.4. The van der Waals surface area contributed by atoms with Crippen LogP contribution in [0.3, 0.4) is 0 Å². The van der Waals surface area contributed by atoms with Crippen molar-refractivity contribution >= 4 is 0 Å². The number of hydrogen-bond donors (Lipinski definition) is 1. The highest BCUT2D eigenvalue weighted by Crippen LogP contribution is 2.28. The lowest BCUT2D eigenvalue weighted by molar-refractivity contribution is 0.0558. The minimum Gasteiger partial charge on any atom is -0.496 e. The Bertz CT molecular complexity index is 402. The highest BCUT2D eigenvalue weighted by Gasteiger charge is 2.22. The molecule has 1 atom stereocenters. The van der Waals surface area contributed by atoms with Gasteiger partial charge in [-0.2, -0.15) is 0 Å². The molecule has 1 unspecified atom stereocenters. The molecule has 0 spiro atoms. The number of aliphatic hydroxyl groups is 1. The molecule has 1 aromatic rings. The maximum atomic E-state index is 10.1. The first-order valence-electron chi connectivity index (χ1n) is 6.58. The van der Waals surface area contributed by atoms with Crippen molar-refractivity contribution in [1.82, 2.24) is 0 Å². The van der Waals surface area contributed by atoms with Gasteiger partial charge in [0.15, 0.2) is 0 Å². The van der Waals surface area contributed by atoms with Gasteiger partial charge in [-0.05, 0) is 54.9 Å². The molecule has 0 bridgehead atoms. The first-order valence-corrected chi connectivity index (χ1v) is 6.58. The van der Waals surface area contributed by atoms with Crippen molar-refractivity contribution in [2.24, 2.45) is 5.41 Å². The van der Waals surface area contributed by atoms with E-state index in [1.165, 1.54) is 16.7 Å². The molecule has 2 nitrogen and oxygen atoms in total. The third-order valence-corrected chi connectivity index (χ3v) is 3.46. The molecule has 1 aromatic carbocycles. The number of rotatable bonds is 4. The van der Waals surface area contributed by atoms with Gasteiger partial charge in [0.05, 0.1) is 13.2 Å². The van der Waals surface area contributed by atoms with Crippen molar-refractivity contribution in [3.05, 3.63) is 28.8 Å². The molecule has 1 N–H and O–H groups in total. The Morgan fingerprint density at radius 1 is 1.22 bits per heavy atom. The highest BCUT2D eigenvalue weighted by molar-refractivity contribution is 5.43. The predicted octanol–water partition coefficient (Wildman–Crippen LogP) is 3.65. The fraction of sp³-hybridized carbons (Fsp3) is 0.625. The standard InChI is InChI=1S/C16H26O2/c1-11-9-12(2)13(14(10-11)18-6)7-8-15(17)16(3,4)5/h9-10,15,17H,7-8H2,1-6H3. The number of aryl methyl sites for hydroxylation is 2. The van der Waals surface area contributed by atoms with Crippen molar-refractivity contribution in [2.45, 2.75) is 53.6 Å². The topological polar surface area (TPSA) is 29.5 Å². The van der Waals surface area contributed by atoms with E-state index in [1.54, 1.807) is 7.11 Å². The van der Waals surface area contributed by atoms with Crippen molar-refractivity contribution in [2.75, 3.05) is 7.11 Å². The second-order valence-electron chi connectivity index (χ2n) is 6.18. The fourth-order valence-electron chi connectivity index (χ4n) is 2.18. The van der Waals surface area contributed by atoms with E-state index in [0.29, 0.717) is 0 Å². The Morgan fingerprint density at radius 2 is 1.83 bits per heavy atom. The molecule has 2 heteroatoms. The van der Waals surface area contributed by atoms with Crippen LogP contribution in [0.2, 0.25) is 0 Å². The molecular formula is C16H26O2. The van der Waals surface area contributed by atoms with Crippen LogP contribution < -0.4 is 4.74 Å². The average Bonchev–Trinajstić information content (AvgIpc) is 2.25. The summed E-state index contributed by atoms with van der Waals surface area (Å²) in [6.07, 6.45) is 1.33. The van der Waals surface area contributed by atoms with Crippen LogP contribution in [0.4, 0.5) is 0 Å². The van der Waals surface area contributed by atoms with Gasteiger partial charge in [-0.1, -0.05) is 26.8 Å². The zero-order chi connectivity index (χ0) is 13.9. The van der Waals surface area contributed by atoms with E-state index in [2.05, 4.69) is 46.8 Å². The van der Waals surface area contributed by atoms with E-state index in [-0.39, 0.29) is 11.5 Å². The largest absolute Gasteiger partial charge is 0.496 e. The Morgan fingerprint density at radius 3 is 2.33 bits per heavy atom. The quantitative estimate of drug-likeness (QED) is 0.884. The summed E-state index contributed by atoms with van der Waals surface area (Å²) in [5, 5.41) is 10.1. The van der Waals surface area contributed by atoms with E-state index >= 15 is 0 Å². The number of benzene rings is 1. The molecule has 0 amide bonds. The van der Waals surface area contributed by atoms with Crippen LogP contribution in [-0.2, 0) is 6.42 Å².